The molecule has 0 aliphatic carbocycles. The number of aromatic nitrogens is 2. The van der Waals surface area contributed by atoms with Crippen LogP contribution in [0.3, 0.4) is 0 Å². The molecule has 0 aliphatic heterocycles. The number of nitrogens with zero attached hydrogens (tertiary/aromatic N) is 2. The Balaban J connectivity index is 1.58. The van der Waals surface area contributed by atoms with Gasteiger partial charge < -0.3 is 9.30 Å². The molecule has 8 heteroatoms. The summed E-state index contributed by atoms with van der Waals surface area (Å²) in [6, 6.07) is 11.1. The predicted molar refractivity (Wildman–Crippen MR) is 120 cm³/mol. The predicted octanol–water partition coefficient (Wildman–Crippen LogP) is 7.02. The van der Waals surface area contributed by atoms with E-state index in [9.17, 15) is 0 Å². The fourth-order valence-electron chi connectivity index (χ4n) is 2.57. The molecule has 0 spiro atoms. The van der Waals surface area contributed by atoms with E-state index in [1.54, 1.807) is 30.4 Å². The van der Waals surface area contributed by atoms with E-state index >= 15 is 0 Å². The maximum absolute atomic E-state index is 6.26. The summed E-state index contributed by atoms with van der Waals surface area (Å²) in [6.45, 7) is 1.13. The van der Waals surface area contributed by atoms with Gasteiger partial charge in [-0.1, -0.05) is 58.5 Å². The van der Waals surface area contributed by atoms with Gasteiger partial charge in [0, 0.05) is 33.9 Å². The number of thioether (sulfide) groups is 1. The molecule has 0 aliphatic rings. The van der Waals surface area contributed by atoms with E-state index in [1.807, 2.05) is 41.1 Å². The Morgan fingerprint density at radius 2 is 1.86 bits per heavy atom. The second-order valence-electron chi connectivity index (χ2n) is 6.19. The minimum Gasteiger partial charge on any atom is -0.371 e. The largest absolute Gasteiger partial charge is 0.371 e. The highest BCUT2D eigenvalue weighted by atomic mass is 35.5. The average Bonchev–Trinajstić information content (AvgIpc) is 3.16. The second kappa shape index (κ2) is 10.8. The molecule has 3 aromatic rings. The van der Waals surface area contributed by atoms with E-state index in [-0.39, 0.29) is 6.10 Å². The molecule has 3 nitrogen and oxygen atoms in total. The zero-order valence-corrected chi connectivity index (χ0v) is 18.7. The van der Waals surface area contributed by atoms with Crippen molar-refractivity contribution in [3.63, 3.8) is 0 Å². The van der Waals surface area contributed by atoms with Crippen LogP contribution < -0.4 is 0 Å². The smallest absolute Gasteiger partial charge is 0.0946 e. The van der Waals surface area contributed by atoms with Crippen LogP contribution in [0.4, 0.5) is 0 Å². The van der Waals surface area contributed by atoms with Crippen molar-refractivity contribution in [3.8, 4) is 0 Å². The summed E-state index contributed by atoms with van der Waals surface area (Å²) in [4.78, 5) is 4.10. The van der Waals surface area contributed by atoms with Crippen molar-refractivity contribution in [2.45, 2.75) is 25.0 Å². The van der Waals surface area contributed by atoms with Crippen LogP contribution in [0.25, 0.3) is 0 Å². The molecule has 2 aromatic carbocycles. The molecule has 0 radical (unpaired) electrons. The fourth-order valence-corrected chi connectivity index (χ4v) is 4.35. The quantitative estimate of drug-likeness (QED) is 0.332. The van der Waals surface area contributed by atoms with Gasteiger partial charge in [-0.3, -0.25) is 0 Å². The number of halogens is 4. The first-order valence-electron chi connectivity index (χ1n) is 8.54. The first-order valence-corrected chi connectivity index (χ1v) is 11.2. The minimum atomic E-state index is -0.00582. The maximum atomic E-state index is 6.26. The summed E-state index contributed by atoms with van der Waals surface area (Å²) in [5.41, 5.74) is 2.04. The lowest BCUT2D eigenvalue weighted by Crippen LogP contribution is -2.22. The van der Waals surface area contributed by atoms with Crippen molar-refractivity contribution in [2.75, 3.05) is 5.75 Å². The van der Waals surface area contributed by atoms with Crippen molar-refractivity contribution in [1.29, 1.82) is 0 Å². The lowest BCUT2D eigenvalue weighted by atomic mass is 10.2. The van der Waals surface area contributed by atoms with Crippen LogP contribution in [0.2, 0.25) is 20.1 Å². The van der Waals surface area contributed by atoms with Gasteiger partial charge in [0.05, 0.1) is 35.6 Å². The van der Waals surface area contributed by atoms with Crippen molar-refractivity contribution in [3.05, 3.63) is 86.3 Å². The average molecular weight is 476 g/mol. The lowest BCUT2D eigenvalue weighted by Gasteiger charge is -2.19. The van der Waals surface area contributed by atoms with Gasteiger partial charge in [-0.25, -0.2) is 4.98 Å². The Labute approximate surface area is 188 Å². The molecule has 3 rings (SSSR count). The van der Waals surface area contributed by atoms with E-state index in [4.69, 9.17) is 51.1 Å². The molecule has 1 unspecified atom stereocenters. The highest BCUT2D eigenvalue weighted by Gasteiger charge is 2.13. The summed E-state index contributed by atoms with van der Waals surface area (Å²) in [6.07, 6.45) is 5.47. The molecule has 28 heavy (non-hydrogen) atoms. The van der Waals surface area contributed by atoms with Gasteiger partial charge in [-0.05, 0) is 35.4 Å². The molecule has 0 saturated heterocycles. The molecule has 0 fully saturated rings. The van der Waals surface area contributed by atoms with E-state index in [0.29, 0.717) is 33.2 Å². The van der Waals surface area contributed by atoms with Crippen molar-refractivity contribution in [1.82, 2.24) is 9.55 Å². The zero-order valence-electron chi connectivity index (χ0n) is 14.8. The first-order chi connectivity index (χ1) is 13.5. The molecule has 1 aromatic heterocycles. The summed E-state index contributed by atoms with van der Waals surface area (Å²) >= 11 is 26.1. The fraction of sp³-hybridized carbons (Fsp3) is 0.250. The van der Waals surface area contributed by atoms with Crippen LogP contribution in [0.15, 0.2) is 55.1 Å². The van der Waals surface area contributed by atoms with Crippen LogP contribution in [0.1, 0.15) is 11.1 Å². The van der Waals surface area contributed by atoms with Gasteiger partial charge in [-0.2, -0.15) is 11.8 Å². The molecule has 0 saturated carbocycles. The van der Waals surface area contributed by atoms with Crippen molar-refractivity contribution >= 4 is 58.2 Å². The second-order valence-corrected chi connectivity index (χ2v) is 8.88. The Bertz CT molecular complexity index is 905. The Morgan fingerprint density at radius 1 is 1.00 bits per heavy atom. The third-order valence-electron chi connectivity index (χ3n) is 4.02. The standard InChI is InChI=1S/C20H18Cl4N2OS/c21-16-3-2-15(19(23)8-16)10-27-17(9-26-6-5-25-13-26)12-28-11-14-1-4-18(22)20(24)7-14/h1-8,13,17H,9-12H2. The van der Waals surface area contributed by atoms with Gasteiger partial charge in [0.2, 0.25) is 0 Å². The van der Waals surface area contributed by atoms with Crippen LogP contribution in [-0.2, 0) is 23.6 Å². The van der Waals surface area contributed by atoms with E-state index in [0.717, 1.165) is 22.6 Å². The highest BCUT2D eigenvalue weighted by Crippen LogP contribution is 2.26. The number of ether oxygens (including phenoxy) is 1. The van der Waals surface area contributed by atoms with Crippen molar-refractivity contribution < 1.29 is 4.74 Å². The molecule has 1 atom stereocenters. The molecule has 0 bridgehead atoms. The Morgan fingerprint density at radius 3 is 2.57 bits per heavy atom. The molecular weight excluding hydrogens is 458 g/mol. The van der Waals surface area contributed by atoms with Crippen LogP contribution in [0.5, 0.6) is 0 Å². The Kier molecular flexibility index (Phi) is 8.39. The zero-order chi connectivity index (χ0) is 19.9. The topological polar surface area (TPSA) is 27.1 Å². The lowest BCUT2D eigenvalue weighted by molar-refractivity contribution is 0.0451. The molecule has 0 N–H and O–H groups in total. The van der Waals surface area contributed by atoms with Gasteiger partial charge in [-0.15, -0.1) is 0 Å². The SMILES string of the molecule is Clc1ccc(COC(CSCc2ccc(Cl)c(Cl)c2)Cn2ccnc2)c(Cl)c1. The summed E-state index contributed by atoms with van der Waals surface area (Å²) < 4.78 is 8.17. The normalized spacial score (nSPS) is 12.3. The van der Waals surface area contributed by atoms with Gasteiger partial charge in [0.1, 0.15) is 0 Å². The number of rotatable bonds is 9. The monoisotopic (exact) mass is 474 g/mol. The maximum Gasteiger partial charge on any atom is 0.0946 e. The highest BCUT2D eigenvalue weighted by molar-refractivity contribution is 7.98. The third kappa shape index (κ3) is 6.58. The van der Waals surface area contributed by atoms with Crippen molar-refractivity contribution in [2.24, 2.45) is 0 Å². The third-order valence-corrected chi connectivity index (χ3v) is 6.49. The number of benzene rings is 2. The van der Waals surface area contributed by atoms with E-state index in [2.05, 4.69) is 4.98 Å². The molecule has 0 amide bonds. The summed E-state index contributed by atoms with van der Waals surface area (Å²) in [7, 11) is 0. The van der Waals surface area contributed by atoms with Crippen LogP contribution in [0, 0.1) is 0 Å². The van der Waals surface area contributed by atoms with Crippen LogP contribution >= 0.6 is 58.2 Å². The first kappa shape index (κ1) is 21.8. The molecule has 148 valence electrons. The number of imidazole rings is 1. The minimum absolute atomic E-state index is 0.00582. The van der Waals surface area contributed by atoms with Gasteiger partial charge in [0.25, 0.3) is 0 Å². The molecular formula is C20H18Cl4N2OS. The number of hydrogen-bond acceptors (Lipinski definition) is 3. The Hall–Kier alpha value is -0.880. The summed E-state index contributed by atoms with van der Waals surface area (Å²) in [5.74, 6) is 1.63. The van der Waals surface area contributed by atoms with E-state index < -0.39 is 0 Å². The summed E-state index contributed by atoms with van der Waals surface area (Å²) in [5, 5.41) is 2.36. The van der Waals surface area contributed by atoms with Gasteiger partial charge in [0.15, 0.2) is 0 Å². The van der Waals surface area contributed by atoms with Crippen LogP contribution in [-0.4, -0.2) is 21.4 Å². The molecule has 1 heterocycles. The number of hydrogen-bond donors (Lipinski definition) is 0. The van der Waals surface area contributed by atoms with Gasteiger partial charge >= 0.3 is 0 Å². The van der Waals surface area contributed by atoms with E-state index in [1.165, 1.54) is 0 Å².